The molecule has 1 aliphatic rings. The SMILES string of the molecule is CCCCC[Si]1CCC(c2cc(CCc3ccc(F)c(F)c3)ccc2-c2ccccc2F)CC1. The summed E-state index contributed by atoms with van der Waals surface area (Å²) in [6.07, 6.45) is 7.76. The van der Waals surface area contributed by atoms with Crippen LogP contribution in [0.25, 0.3) is 11.1 Å². The van der Waals surface area contributed by atoms with Gasteiger partial charge in [0, 0.05) is 14.4 Å². The second kappa shape index (κ2) is 11.9. The Balaban J connectivity index is 1.54. The number of halogens is 3. The van der Waals surface area contributed by atoms with Gasteiger partial charge in [-0.1, -0.05) is 86.8 Å². The zero-order valence-electron chi connectivity index (χ0n) is 20.1. The van der Waals surface area contributed by atoms with Crippen LogP contribution in [0.4, 0.5) is 13.2 Å². The van der Waals surface area contributed by atoms with Crippen molar-refractivity contribution >= 4 is 8.80 Å². The van der Waals surface area contributed by atoms with Gasteiger partial charge in [0.25, 0.3) is 0 Å². The first-order valence-electron chi connectivity index (χ1n) is 12.7. The molecule has 1 heterocycles. The molecule has 0 atom stereocenters. The van der Waals surface area contributed by atoms with Crippen molar-refractivity contribution in [3.05, 3.63) is 94.8 Å². The van der Waals surface area contributed by atoms with Crippen molar-refractivity contribution in [1.29, 1.82) is 0 Å². The van der Waals surface area contributed by atoms with Gasteiger partial charge in [-0.05, 0) is 72.1 Å². The van der Waals surface area contributed by atoms with Crippen molar-refractivity contribution in [2.45, 2.75) is 75.9 Å². The average Bonchev–Trinajstić information content (AvgIpc) is 2.86. The van der Waals surface area contributed by atoms with Crippen LogP contribution in [0.1, 0.15) is 61.6 Å². The molecule has 0 unspecified atom stereocenters. The molecule has 34 heavy (non-hydrogen) atoms. The highest BCUT2D eigenvalue weighted by molar-refractivity contribution is 6.59. The summed E-state index contributed by atoms with van der Waals surface area (Å²) >= 11 is 0. The third-order valence-corrected chi connectivity index (χ3v) is 10.3. The van der Waals surface area contributed by atoms with Crippen LogP contribution >= 0.6 is 0 Å². The summed E-state index contributed by atoms with van der Waals surface area (Å²) in [6, 6.07) is 21.7. The normalized spacial score (nSPS) is 15.1. The molecule has 3 aromatic carbocycles. The topological polar surface area (TPSA) is 0 Å². The molecule has 0 aromatic heterocycles. The van der Waals surface area contributed by atoms with Crippen LogP contribution < -0.4 is 0 Å². The van der Waals surface area contributed by atoms with Crippen LogP contribution in [-0.2, 0) is 12.8 Å². The highest BCUT2D eigenvalue weighted by Gasteiger charge is 2.26. The van der Waals surface area contributed by atoms with Crippen molar-refractivity contribution in [3.8, 4) is 11.1 Å². The van der Waals surface area contributed by atoms with Gasteiger partial charge >= 0.3 is 0 Å². The Bertz CT molecular complexity index is 1090. The Hall–Kier alpha value is -2.33. The lowest BCUT2D eigenvalue weighted by atomic mass is 9.85. The molecule has 1 radical (unpaired) electrons. The molecule has 0 bridgehead atoms. The lowest BCUT2D eigenvalue weighted by Gasteiger charge is -2.30. The Morgan fingerprint density at radius 3 is 2.15 bits per heavy atom. The Morgan fingerprint density at radius 2 is 1.44 bits per heavy atom. The maximum absolute atomic E-state index is 14.7. The van der Waals surface area contributed by atoms with Crippen LogP contribution in [0, 0.1) is 17.5 Å². The minimum absolute atomic E-state index is 0.182. The van der Waals surface area contributed by atoms with Gasteiger partial charge in [0.1, 0.15) is 5.82 Å². The average molecular weight is 480 g/mol. The maximum Gasteiger partial charge on any atom is 0.159 e. The summed E-state index contributed by atoms with van der Waals surface area (Å²) in [5, 5.41) is 0. The van der Waals surface area contributed by atoms with Gasteiger partial charge < -0.3 is 0 Å². The molecule has 0 N–H and O–H groups in total. The van der Waals surface area contributed by atoms with Gasteiger partial charge in [0.15, 0.2) is 11.6 Å². The molecule has 0 nitrogen and oxygen atoms in total. The van der Waals surface area contributed by atoms with Gasteiger partial charge in [0.2, 0.25) is 0 Å². The number of aryl methyl sites for hydroxylation is 2. The van der Waals surface area contributed by atoms with E-state index in [1.54, 1.807) is 12.1 Å². The number of rotatable bonds is 9. The zero-order chi connectivity index (χ0) is 23.9. The van der Waals surface area contributed by atoms with E-state index in [0.717, 1.165) is 17.5 Å². The van der Waals surface area contributed by atoms with Crippen LogP contribution in [0.3, 0.4) is 0 Å². The molecule has 4 heteroatoms. The summed E-state index contributed by atoms with van der Waals surface area (Å²) in [4.78, 5) is 0. The van der Waals surface area contributed by atoms with E-state index >= 15 is 0 Å². The molecule has 3 aromatic rings. The molecule has 0 aliphatic carbocycles. The second-order valence-corrected chi connectivity index (χ2v) is 12.6. The molecular weight excluding hydrogens is 445 g/mol. The van der Waals surface area contributed by atoms with E-state index in [2.05, 4.69) is 25.1 Å². The Kier molecular flexibility index (Phi) is 8.66. The fraction of sp³-hybridized carbons (Fsp3) is 0.400. The van der Waals surface area contributed by atoms with Gasteiger partial charge in [-0.15, -0.1) is 0 Å². The molecule has 179 valence electrons. The molecule has 0 spiro atoms. The maximum atomic E-state index is 14.7. The highest BCUT2D eigenvalue weighted by atomic mass is 28.3. The van der Waals surface area contributed by atoms with Crippen molar-refractivity contribution in [2.24, 2.45) is 0 Å². The number of unbranched alkanes of at least 4 members (excludes halogenated alkanes) is 2. The van der Waals surface area contributed by atoms with Crippen molar-refractivity contribution < 1.29 is 13.2 Å². The van der Waals surface area contributed by atoms with E-state index in [1.165, 1.54) is 79.6 Å². The van der Waals surface area contributed by atoms with Gasteiger partial charge in [-0.3, -0.25) is 0 Å². The summed E-state index contributed by atoms with van der Waals surface area (Å²) in [6.45, 7) is 2.26. The van der Waals surface area contributed by atoms with Crippen LogP contribution in [0.2, 0.25) is 18.1 Å². The van der Waals surface area contributed by atoms with E-state index in [4.69, 9.17) is 0 Å². The number of benzene rings is 3. The van der Waals surface area contributed by atoms with Gasteiger partial charge in [-0.25, -0.2) is 13.2 Å². The third-order valence-electron chi connectivity index (χ3n) is 7.23. The van der Waals surface area contributed by atoms with Crippen LogP contribution in [0.15, 0.2) is 60.7 Å². The predicted octanol–water partition coefficient (Wildman–Crippen LogP) is 9.12. The highest BCUT2D eigenvalue weighted by Crippen LogP contribution is 2.40. The van der Waals surface area contributed by atoms with E-state index in [-0.39, 0.29) is 14.6 Å². The Morgan fingerprint density at radius 1 is 0.735 bits per heavy atom. The lowest BCUT2D eigenvalue weighted by Crippen LogP contribution is -2.20. The standard InChI is InChI=1S/C30H34F3Si/c1-2-3-6-17-34-18-15-24(16-19-34)27-20-22(9-10-23-12-14-29(32)30(33)21-23)11-13-25(27)26-7-4-5-8-28(26)31/h4-5,7-8,11-14,20-21,24H,2-3,6,9-10,15-19H2,1H3. The first kappa shape index (κ1) is 24.8. The summed E-state index contributed by atoms with van der Waals surface area (Å²) < 4.78 is 41.6. The number of hydrogen-bond donors (Lipinski definition) is 0. The molecule has 4 rings (SSSR count). The van der Waals surface area contributed by atoms with Crippen molar-refractivity contribution in [2.75, 3.05) is 0 Å². The third kappa shape index (κ3) is 6.21. The van der Waals surface area contributed by atoms with E-state index < -0.39 is 11.6 Å². The smallest absolute Gasteiger partial charge is 0.159 e. The van der Waals surface area contributed by atoms with E-state index in [0.29, 0.717) is 17.9 Å². The minimum Gasteiger partial charge on any atom is -0.206 e. The largest absolute Gasteiger partial charge is 0.206 e. The predicted molar refractivity (Wildman–Crippen MR) is 137 cm³/mol. The first-order chi connectivity index (χ1) is 16.5. The fourth-order valence-electron chi connectivity index (χ4n) is 5.23. The van der Waals surface area contributed by atoms with Gasteiger partial charge in [-0.2, -0.15) is 0 Å². The molecular formula is C30H34F3Si. The quantitative estimate of drug-likeness (QED) is 0.212. The number of hydrogen-bond acceptors (Lipinski definition) is 0. The summed E-state index contributed by atoms with van der Waals surface area (Å²) in [5.74, 6) is -1.34. The molecule has 1 saturated heterocycles. The summed E-state index contributed by atoms with van der Waals surface area (Å²) in [7, 11) is -0.248. The van der Waals surface area contributed by atoms with Crippen molar-refractivity contribution in [3.63, 3.8) is 0 Å². The van der Waals surface area contributed by atoms with Gasteiger partial charge in [0.05, 0.1) is 0 Å². The van der Waals surface area contributed by atoms with Crippen molar-refractivity contribution in [1.82, 2.24) is 0 Å². The monoisotopic (exact) mass is 479 g/mol. The molecule has 0 saturated carbocycles. The minimum atomic E-state index is -0.812. The first-order valence-corrected chi connectivity index (χ1v) is 14.8. The molecule has 0 amide bonds. The lowest BCUT2D eigenvalue weighted by molar-refractivity contribution is 0.507. The molecule has 1 aliphatic heterocycles. The van der Waals surface area contributed by atoms with E-state index in [9.17, 15) is 13.2 Å². The Labute approximate surface area is 203 Å². The van der Waals surface area contributed by atoms with Crippen LogP contribution in [-0.4, -0.2) is 8.80 Å². The second-order valence-electron chi connectivity index (χ2n) is 9.63. The summed E-state index contributed by atoms with van der Waals surface area (Å²) in [5.41, 5.74) is 4.88. The van der Waals surface area contributed by atoms with Crippen LogP contribution in [0.5, 0.6) is 0 Å². The molecule has 1 fully saturated rings. The van der Waals surface area contributed by atoms with E-state index in [1.807, 2.05) is 12.1 Å². The fourth-order valence-corrected chi connectivity index (χ4v) is 8.24. The zero-order valence-corrected chi connectivity index (χ0v) is 21.1.